The molecule has 1 aliphatic heterocycles. The molecule has 0 saturated carbocycles. The third-order valence-corrected chi connectivity index (χ3v) is 4.04. The van der Waals surface area contributed by atoms with Crippen molar-refractivity contribution in [2.75, 3.05) is 27.3 Å². The average Bonchev–Trinajstić information content (AvgIpc) is 2.42. The SMILES string of the molecule is COc1cc(C2NCCNC2C)c(OC)c(C)c1C. The van der Waals surface area contributed by atoms with Gasteiger partial charge in [0.2, 0.25) is 0 Å². The van der Waals surface area contributed by atoms with Crippen molar-refractivity contribution < 1.29 is 9.47 Å². The van der Waals surface area contributed by atoms with Crippen molar-refractivity contribution in [2.24, 2.45) is 0 Å². The minimum absolute atomic E-state index is 0.247. The first-order chi connectivity index (χ1) is 9.10. The minimum atomic E-state index is 0.247. The van der Waals surface area contributed by atoms with Gasteiger partial charge in [-0.15, -0.1) is 0 Å². The first kappa shape index (κ1) is 14.2. The zero-order chi connectivity index (χ0) is 14.0. The number of benzene rings is 1. The van der Waals surface area contributed by atoms with Gasteiger partial charge in [-0.2, -0.15) is 0 Å². The monoisotopic (exact) mass is 264 g/mol. The lowest BCUT2D eigenvalue weighted by molar-refractivity contribution is 0.326. The molecule has 0 bridgehead atoms. The van der Waals surface area contributed by atoms with Crippen molar-refractivity contribution in [3.05, 3.63) is 22.8 Å². The van der Waals surface area contributed by atoms with Crippen LogP contribution >= 0.6 is 0 Å². The molecule has 2 atom stereocenters. The van der Waals surface area contributed by atoms with Crippen molar-refractivity contribution in [1.82, 2.24) is 10.6 Å². The second kappa shape index (κ2) is 5.80. The van der Waals surface area contributed by atoms with E-state index >= 15 is 0 Å². The molecule has 2 rings (SSSR count). The van der Waals surface area contributed by atoms with E-state index in [2.05, 4.69) is 37.5 Å². The standard InChI is InChI=1S/C15H24N2O2/c1-9-10(2)15(19-5)12(8-13(9)18-4)14-11(3)16-6-7-17-14/h8,11,14,16-17H,6-7H2,1-5H3. The molecule has 1 aromatic carbocycles. The van der Waals surface area contributed by atoms with Crippen LogP contribution in [-0.2, 0) is 0 Å². The van der Waals surface area contributed by atoms with Crippen LogP contribution in [0.2, 0.25) is 0 Å². The summed E-state index contributed by atoms with van der Waals surface area (Å²) in [6.07, 6.45) is 0. The molecule has 2 N–H and O–H groups in total. The van der Waals surface area contributed by atoms with E-state index in [1.54, 1.807) is 14.2 Å². The number of hydrogen-bond acceptors (Lipinski definition) is 4. The van der Waals surface area contributed by atoms with Gasteiger partial charge < -0.3 is 20.1 Å². The van der Waals surface area contributed by atoms with E-state index in [0.717, 1.165) is 35.7 Å². The molecule has 1 saturated heterocycles. The fourth-order valence-corrected chi connectivity index (χ4v) is 2.80. The molecular formula is C15H24N2O2. The second-order valence-corrected chi connectivity index (χ2v) is 5.13. The molecule has 106 valence electrons. The summed E-state index contributed by atoms with van der Waals surface area (Å²) >= 11 is 0. The van der Waals surface area contributed by atoms with Crippen molar-refractivity contribution in [2.45, 2.75) is 32.9 Å². The number of hydrogen-bond donors (Lipinski definition) is 2. The highest BCUT2D eigenvalue weighted by Gasteiger charge is 2.27. The van der Waals surface area contributed by atoms with Gasteiger partial charge in [0.1, 0.15) is 11.5 Å². The van der Waals surface area contributed by atoms with E-state index in [9.17, 15) is 0 Å². The summed E-state index contributed by atoms with van der Waals surface area (Å²) in [5, 5.41) is 7.05. The molecule has 4 heteroatoms. The highest BCUT2D eigenvalue weighted by Crippen LogP contribution is 2.37. The zero-order valence-corrected chi connectivity index (χ0v) is 12.5. The summed E-state index contributed by atoms with van der Waals surface area (Å²) in [6.45, 7) is 8.31. The molecule has 0 aromatic heterocycles. The van der Waals surface area contributed by atoms with Crippen LogP contribution in [0.3, 0.4) is 0 Å². The number of nitrogens with one attached hydrogen (secondary N) is 2. The number of ether oxygens (including phenoxy) is 2. The molecule has 0 amide bonds. The summed E-state index contributed by atoms with van der Waals surface area (Å²) in [5.74, 6) is 1.89. The van der Waals surface area contributed by atoms with Crippen LogP contribution in [0, 0.1) is 13.8 Å². The Morgan fingerprint density at radius 2 is 1.74 bits per heavy atom. The summed E-state index contributed by atoms with van der Waals surface area (Å²) < 4.78 is 11.1. The zero-order valence-electron chi connectivity index (χ0n) is 12.5. The first-order valence-corrected chi connectivity index (χ1v) is 6.79. The van der Waals surface area contributed by atoms with Crippen molar-refractivity contribution >= 4 is 0 Å². The van der Waals surface area contributed by atoms with Crippen LogP contribution in [0.1, 0.15) is 29.7 Å². The largest absolute Gasteiger partial charge is 0.496 e. The maximum Gasteiger partial charge on any atom is 0.127 e. The van der Waals surface area contributed by atoms with Crippen molar-refractivity contribution in [3.8, 4) is 11.5 Å². The van der Waals surface area contributed by atoms with Gasteiger partial charge in [0.25, 0.3) is 0 Å². The Bertz CT molecular complexity index is 460. The summed E-state index contributed by atoms with van der Waals surface area (Å²) in [4.78, 5) is 0. The molecule has 0 radical (unpaired) electrons. The fraction of sp³-hybridized carbons (Fsp3) is 0.600. The maximum absolute atomic E-state index is 5.63. The smallest absolute Gasteiger partial charge is 0.127 e. The summed E-state index contributed by atoms with van der Waals surface area (Å²) in [7, 11) is 3.45. The second-order valence-electron chi connectivity index (χ2n) is 5.13. The lowest BCUT2D eigenvalue weighted by Gasteiger charge is -2.33. The molecular weight excluding hydrogens is 240 g/mol. The normalized spacial score (nSPS) is 23.2. The van der Waals surface area contributed by atoms with Crippen LogP contribution in [0.5, 0.6) is 11.5 Å². The number of piperazine rings is 1. The molecule has 1 aromatic rings. The van der Waals surface area contributed by atoms with Crippen LogP contribution < -0.4 is 20.1 Å². The van der Waals surface area contributed by atoms with Gasteiger partial charge in [-0.3, -0.25) is 0 Å². The highest BCUT2D eigenvalue weighted by atomic mass is 16.5. The summed E-state index contributed by atoms with van der Waals surface area (Å²) in [6, 6.07) is 2.72. The van der Waals surface area contributed by atoms with Crippen LogP contribution in [0.25, 0.3) is 0 Å². The van der Waals surface area contributed by atoms with E-state index < -0.39 is 0 Å². The van der Waals surface area contributed by atoms with E-state index in [-0.39, 0.29) is 6.04 Å². The van der Waals surface area contributed by atoms with Gasteiger partial charge in [0.15, 0.2) is 0 Å². The van der Waals surface area contributed by atoms with E-state index in [0.29, 0.717) is 6.04 Å². The molecule has 1 aliphatic rings. The maximum atomic E-state index is 5.63. The molecule has 0 spiro atoms. The molecule has 0 aliphatic carbocycles. The predicted octanol–water partition coefficient (Wildman–Crippen LogP) is 1.94. The summed E-state index contributed by atoms with van der Waals surface area (Å²) in [5.41, 5.74) is 3.46. The van der Waals surface area contributed by atoms with Crippen LogP contribution in [0.4, 0.5) is 0 Å². The topological polar surface area (TPSA) is 42.5 Å². The molecule has 19 heavy (non-hydrogen) atoms. The van der Waals surface area contributed by atoms with E-state index in [1.807, 2.05) is 0 Å². The Hall–Kier alpha value is -1.26. The third kappa shape index (κ3) is 2.55. The molecule has 2 unspecified atom stereocenters. The van der Waals surface area contributed by atoms with Gasteiger partial charge in [-0.25, -0.2) is 0 Å². The van der Waals surface area contributed by atoms with Crippen molar-refractivity contribution in [1.29, 1.82) is 0 Å². The Morgan fingerprint density at radius 3 is 2.32 bits per heavy atom. The Kier molecular flexibility index (Phi) is 4.32. The van der Waals surface area contributed by atoms with Crippen LogP contribution in [-0.4, -0.2) is 33.4 Å². The van der Waals surface area contributed by atoms with Crippen LogP contribution in [0.15, 0.2) is 6.07 Å². The van der Waals surface area contributed by atoms with Gasteiger partial charge in [-0.05, 0) is 38.0 Å². The van der Waals surface area contributed by atoms with Gasteiger partial charge in [0, 0.05) is 24.7 Å². The fourth-order valence-electron chi connectivity index (χ4n) is 2.80. The first-order valence-electron chi connectivity index (χ1n) is 6.79. The Balaban J connectivity index is 2.51. The lowest BCUT2D eigenvalue weighted by Crippen LogP contribution is -2.49. The van der Waals surface area contributed by atoms with Crippen molar-refractivity contribution in [3.63, 3.8) is 0 Å². The molecule has 1 heterocycles. The molecule has 1 fully saturated rings. The number of methoxy groups -OCH3 is 2. The van der Waals surface area contributed by atoms with Gasteiger partial charge in [-0.1, -0.05) is 0 Å². The Morgan fingerprint density at radius 1 is 1.05 bits per heavy atom. The molecule has 4 nitrogen and oxygen atoms in total. The van der Waals surface area contributed by atoms with E-state index in [4.69, 9.17) is 9.47 Å². The highest BCUT2D eigenvalue weighted by molar-refractivity contribution is 5.54. The quantitative estimate of drug-likeness (QED) is 0.875. The Labute approximate surface area is 115 Å². The predicted molar refractivity (Wildman–Crippen MR) is 77.2 cm³/mol. The average molecular weight is 264 g/mol. The minimum Gasteiger partial charge on any atom is -0.496 e. The lowest BCUT2D eigenvalue weighted by atomic mass is 9.93. The van der Waals surface area contributed by atoms with Gasteiger partial charge in [0.05, 0.1) is 20.3 Å². The third-order valence-electron chi connectivity index (χ3n) is 4.04. The van der Waals surface area contributed by atoms with Gasteiger partial charge >= 0.3 is 0 Å². The van der Waals surface area contributed by atoms with E-state index in [1.165, 1.54) is 5.56 Å². The number of rotatable bonds is 3.